The van der Waals surface area contributed by atoms with Gasteiger partial charge in [0.15, 0.2) is 0 Å². The van der Waals surface area contributed by atoms with Crippen molar-refractivity contribution in [3.8, 4) is 0 Å². The number of urea groups is 1. The summed E-state index contributed by atoms with van der Waals surface area (Å²) >= 11 is 0. The second kappa shape index (κ2) is 5.47. The Morgan fingerprint density at radius 2 is 2.20 bits per heavy atom. The molecule has 3 rings (SSSR count). The fourth-order valence-electron chi connectivity index (χ4n) is 2.16. The zero-order chi connectivity index (χ0) is 13.6. The third kappa shape index (κ3) is 2.90. The number of aromatic nitrogens is 2. The maximum Gasteiger partial charge on any atom is 1.00 e. The Hall–Kier alpha value is -0.910. The van der Waals surface area contributed by atoms with Crippen LogP contribution in [0.5, 0.6) is 0 Å². The van der Waals surface area contributed by atoms with Crippen LogP contribution in [0.2, 0.25) is 0 Å². The summed E-state index contributed by atoms with van der Waals surface area (Å²) in [7, 11) is -4.97. The van der Waals surface area contributed by atoms with E-state index in [1.807, 2.05) is 0 Å². The van der Waals surface area contributed by atoms with Gasteiger partial charge in [-0.15, -0.1) is 0 Å². The average Bonchev–Trinajstić information content (AvgIpc) is 2.92. The predicted octanol–water partition coefficient (Wildman–Crippen LogP) is -3.76. The van der Waals surface area contributed by atoms with Gasteiger partial charge in [-0.05, 0) is 12.1 Å². The normalized spacial score (nSPS) is 21.8. The molecule has 1 aromatic rings. The van der Waals surface area contributed by atoms with Crippen molar-refractivity contribution >= 4 is 22.1 Å². The Kier molecular flexibility index (Phi) is 4.23. The van der Waals surface area contributed by atoms with Gasteiger partial charge < -0.3 is 9.45 Å². The van der Waals surface area contributed by atoms with Crippen LogP contribution in [0.15, 0.2) is 24.5 Å². The fourth-order valence-corrected chi connectivity index (χ4v) is 2.53. The first-order valence-electron chi connectivity index (χ1n) is 5.38. The number of hydrogen-bond acceptors (Lipinski definition) is 6. The van der Waals surface area contributed by atoms with E-state index in [1.54, 1.807) is 29.2 Å². The first kappa shape index (κ1) is 15.5. The molecule has 0 radical (unpaired) electrons. The van der Waals surface area contributed by atoms with Gasteiger partial charge in [-0.25, -0.2) is 17.9 Å². The Labute approximate surface area is 137 Å². The van der Waals surface area contributed by atoms with Gasteiger partial charge in [0.25, 0.3) is 0 Å². The Bertz CT molecular complexity index is 643. The first-order valence-corrected chi connectivity index (χ1v) is 6.72. The van der Waals surface area contributed by atoms with E-state index in [0.29, 0.717) is 10.8 Å². The number of nitrogens with zero attached hydrogens (tertiary/aromatic N) is 4. The zero-order valence-corrected chi connectivity index (χ0v) is 13.4. The Morgan fingerprint density at radius 1 is 1.45 bits per heavy atom. The molecule has 0 spiro atoms. The molecule has 2 amide bonds. The molecular weight excluding hydrogens is 299 g/mol. The van der Waals surface area contributed by atoms with Gasteiger partial charge in [0, 0.05) is 18.9 Å². The molecule has 1 atom stereocenters. The first-order chi connectivity index (χ1) is 8.94. The number of hydrogen-bond donors (Lipinski definition) is 0. The van der Waals surface area contributed by atoms with Crippen molar-refractivity contribution in [3.63, 3.8) is 0 Å². The number of amides is 2. The molecule has 1 aromatic heterocycles. The molecule has 20 heavy (non-hydrogen) atoms. The van der Waals surface area contributed by atoms with E-state index < -0.39 is 22.5 Å². The zero-order valence-electron chi connectivity index (χ0n) is 10.5. The standard InChI is InChI=1S/C9H10N4O5S.Na/c14-9-11-5-7(12-3-1-2-10-12)4-8(6-11)13(9)18-19(15,16)17;/h1-4,8H,5-6H2,(H,15,16,17);/q;+1/p-1/t8-;/m1./s1. The average molecular weight is 308 g/mol. The van der Waals surface area contributed by atoms with Crippen LogP contribution < -0.4 is 29.6 Å². The van der Waals surface area contributed by atoms with Crippen molar-refractivity contribution in [2.45, 2.75) is 6.04 Å². The number of fused-ring (bicyclic) bond motifs is 2. The van der Waals surface area contributed by atoms with Crippen molar-refractivity contribution in [1.82, 2.24) is 19.7 Å². The number of rotatable bonds is 3. The van der Waals surface area contributed by atoms with Crippen molar-refractivity contribution in [1.29, 1.82) is 0 Å². The number of carbonyl (C=O) groups is 1. The summed E-state index contributed by atoms with van der Waals surface area (Å²) < 4.78 is 37.6. The van der Waals surface area contributed by atoms with E-state index in [1.165, 1.54) is 4.90 Å². The molecular formula is C9H9N4NaO5S. The van der Waals surface area contributed by atoms with Crippen LogP contribution in [0.3, 0.4) is 0 Å². The van der Waals surface area contributed by atoms with E-state index in [0.717, 1.165) is 0 Å². The largest absolute Gasteiger partial charge is 1.00 e. The van der Waals surface area contributed by atoms with E-state index in [-0.39, 0.29) is 42.6 Å². The van der Waals surface area contributed by atoms with E-state index >= 15 is 0 Å². The Balaban J connectivity index is 0.00000147. The molecule has 1 fully saturated rings. The van der Waals surface area contributed by atoms with Gasteiger partial charge in [0.1, 0.15) is 6.04 Å². The predicted molar refractivity (Wildman–Crippen MR) is 59.9 cm³/mol. The van der Waals surface area contributed by atoms with Gasteiger partial charge >= 0.3 is 35.6 Å². The molecule has 2 bridgehead atoms. The van der Waals surface area contributed by atoms with E-state index in [4.69, 9.17) is 0 Å². The molecule has 0 saturated carbocycles. The summed E-state index contributed by atoms with van der Waals surface area (Å²) in [4.78, 5) is 13.2. The molecule has 2 aliphatic heterocycles. The minimum absolute atomic E-state index is 0. The van der Waals surface area contributed by atoms with Gasteiger partial charge in [0.2, 0.25) is 10.4 Å². The molecule has 0 unspecified atom stereocenters. The third-order valence-corrected chi connectivity index (χ3v) is 3.22. The van der Waals surface area contributed by atoms with E-state index in [9.17, 15) is 17.8 Å². The van der Waals surface area contributed by atoms with Gasteiger partial charge in [-0.2, -0.15) is 14.4 Å². The van der Waals surface area contributed by atoms with Crippen LogP contribution in [-0.2, 0) is 14.7 Å². The van der Waals surface area contributed by atoms with Gasteiger partial charge in [-0.1, -0.05) is 0 Å². The number of carbonyl (C=O) groups excluding carboxylic acids is 1. The van der Waals surface area contributed by atoms with Crippen molar-refractivity contribution < 1.29 is 51.6 Å². The summed E-state index contributed by atoms with van der Waals surface area (Å²) in [5, 5.41) is 4.61. The van der Waals surface area contributed by atoms with Crippen LogP contribution in [0.1, 0.15) is 0 Å². The second-order valence-electron chi connectivity index (χ2n) is 4.15. The fraction of sp³-hybridized carbons (Fsp3) is 0.333. The Morgan fingerprint density at radius 3 is 2.80 bits per heavy atom. The van der Waals surface area contributed by atoms with Crippen molar-refractivity contribution in [2.24, 2.45) is 0 Å². The van der Waals surface area contributed by atoms with Crippen LogP contribution in [0.4, 0.5) is 4.79 Å². The second-order valence-corrected chi connectivity index (χ2v) is 5.11. The summed E-state index contributed by atoms with van der Waals surface area (Å²) in [6.07, 6.45) is 4.95. The van der Waals surface area contributed by atoms with Crippen LogP contribution in [0, 0.1) is 0 Å². The van der Waals surface area contributed by atoms with Crippen LogP contribution >= 0.6 is 0 Å². The molecule has 2 aliphatic rings. The summed E-state index contributed by atoms with van der Waals surface area (Å²) in [6, 6.07) is 0.456. The quantitative estimate of drug-likeness (QED) is 0.322. The minimum Gasteiger partial charge on any atom is -0.724 e. The molecule has 0 N–H and O–H groups in total. The van der Waals surface area contributed by atoms with Crippen molar-refractivity contribution in [3.05, 3.63) is 24.5 Å². The molecule has 11 heteroatoms. The SMILES string of the molecule is O=C1N2CC(n3cccn3)=C[C@H](C2)N1OS(=O)(=O)[O-].[Na+]. The maximum atomic E-state index is 11.8. The van der Waals surface area contributed by atoms with Crippen LogP contribution in [0.25, 0.3) is 5.70 Å². The number of hydroxylamine groups is 2. The molecule has 0 aliphatic carbocycles. The molecule has 9 nitrogen and oxygen atoms in total. The molecule has 3 heterocycles. The van der Waals surface area contributed by atoms with Crippen molar-refractivity contribution in [2.75, 3.05) is 13.1 Å². The summed E-state index contributed by atoms with van der Waals surface area (Å²) in [5.74, 6) is 0. The van der Waals surface area contributed by atoms with Gasteiger partial charge in [0.05, 0.1) is 12.2 Å². The van der Waals surface area contributed by atoms with Gasteiger partial charge in [-0.3, -0.25) is 0 Å². The smallest absolute Gasteiger partial charge is 0.724 e. The molecule has 1 saturated heterocycles. The monoisotopic (exact) mass is 308 g/mol. The van der Waals surface area contributed by atoms with Crippen LogP contribution in [-0.4, -0.2) is 57.9 Å². The maximum absolute atomic E-state index is 11.8. The minimum atomic E-state index is -4.97. The topological polar surface area (TPSA) is 108 Å². The summed E-state index contributed by atoms with van der Waals surface area (Å²) in [6.45, 7) is 0.550. The summed E-state index contributed by atoms with van der Waals surface area (Å²) in [5.41, 5.74) is 0.712. The van der Waals surface area contributed by atoms with E-state index in [2.05, 4.69) is 9.38 Å². The third-order valence-electron chi connectivity index (χ3n) is 2.88. The molecule has 102 valence electrons. The molecule has 0 aromatic carbocycles.